The van der Waals surface area contributed by atoms with Crippen molar-refractivity contribution in [2.45, 2.75) is 111 Å². The van der Waals surface area contributed by atoms with E-state index in [1.54, 1.807) is 0 Å². The predicted molar refractivity (Wildman–Crippen MR) is 141 cm³/mol. The second kappa shape index (κ2) is 12.7. The van der Waals surface area contributed by atoms with Crippen LogP contribution >= 0.6 is 0 Å². The van der Waals surface area contributed by atoms with Crippen LogP contribution in [0.15, 0.2) is 23.8 Å². The Labute approximate surface area is 212 Å². The lowest BCUT2D eigenvalue weighted by Gasteiger charge is -2.26. The zero-order valence-electron chi connectivity index (χ0n) is 23.1. The molecular weight excluding hydrogens is 440 g/mol. The van der Waals surface area contributed by atoms with Crippen molar-refractivity contribution in [3.63, 3.8) is 0 Å². The molecule has 0 spiro atoms. The van der Waals surface area contributed by atoms with E-state index in [9.17, 15) is 14.7 Å². The summed E-state index contributed by atoms with van der Waals surface area (Å²) >= 11 is 0. The van der Waals surface area contributed by atoms with E-state index in [2.05, 4.69) is 67.5 Å². The molecule has 1 N–H and O–H groups in total. The lowest BCUT2D eigenvalue weighted by Crippen LogP contribution is -2.39. The van der Waals surface area contributed by atoms with E-state index in [0.717, 1.165) is 36.8 Å². The SMILES string of the molecule is CCCCC(/C=C1/CC(CO)(COC(=O)c2c(C(C)C)cc(C(C)C)cc2C(C)C)OC1=O)CC. The Kier molecular flexibility index (Phi) is 10.6. The molecule has 0 aromatic heterocycles. The van der Waals surface area contributed by atoms with E-state index in [1.165, 1.54) is 5.56 Å². The molecule has 196 valence electrons. The van der Waals surface area contributed by atoms with Crippen LogP contribution in [0.3, 0.4) is 0 Å². The largest absolute Gasteiger partial charge is 0.458 e. The summed E-state index contributed by atoms with van der Waals surface area (Å²) < 4.78 is 11.4. The van der Waals surface area contributed by atoms with Crippen molar-refractivity contribution in [2.75, 3.05) is 13.2 Å². The lowest BCUT2D eigenvalue weighted by atomic mass is 9.84. The van der Waals surface area contributed by atoms with Crippen LogP contribution in [0.4, 0.5) is 0 Å². The molecule has 0 aliphatic carbocycles. The van der Waals surface area contributed by atoms with Crippen LogP contribution in [0.5, 0.6) is 0 Å². The molecule has 0 bridgehead atoms. The van der Waals surface area contributed by atoms with Gasteiger partial charge >= 0.3 is 11.9 Å². The van der Waals surface area contributed by atoms with Crippen LogP contribution in [-0.2, 0) is 14.3 Å². The van der Waals surface area contributed by atoms with Gasteiger partial charge in [-0.15, -0.1) is 0 Å². The standard InChI is InChI=1S/C30H46O5/c1-9-11-12-22(10-2)13-24-16-30(17-31,35-28(24)32)18-34-29(33)27-25(20(5)6)14-23(19(3)4)15-26(27)21(7)8/h13-15,19-22,31H,9-12,16-18H2,1-8H3/b24-13-. The molecule has 2 rings (SSSR count). The fraction of sp³-hybridized carbons (Fsp3) is 0.667. The minimum absolute atomic E-state index is 0.147. The summed E-state index contributed by atoms with van der Waals surface area (Å²) in [7, 11) is 0. The van der Waals surface area contributed by atoms with Crippen LogP contribution in [0, 0.1) is 5.92 Å². The number of benzene rings is 1. The highest BCUT2D eigenvalue weighted by atomic mass is 16.6. The Balaban J connectivity index is 2.30. The fourth-order valence-electron chi connectivity index (χ4n) is 4.68. The number of hydrogen-bond donors (Lipinski definition) is 1. The quantitative estimate of drug-likeness (QED) is 0.253. The molecule has 1 fully saturated rings. The van der Waals surface area contributed by atoms with Crippen molar-refractivity contribution in [3.8, 4) is 0 Å². The topological polar surface area (TPSA) is 72.8 Å². The first-order chi connectivity index (χ1) is 16.5. The number of aliphatic hydroxyl groups excluding tert-OH is 1. The summed E-state index contributed by atoms with van der Waals surface area (Å²) in [5, 5.41) is 10.2. The summed E-state index contributed by atoms with van der Waals surface area (Å²) in [5.74, 6) is 0.0961. The number of aliphatic hydroxyl groups is 1. The van der Waals surface area contributed by atoms with Gasteiger partial charge in [0, 0.05) is 12.0 Å². The minimum Gasteiger partial charge on any atom is -0.458 e. The van der Waals surface area contributed by atoms with Crippen LogP contribution in [-0.4, -0.2) is 35.9 Å². The third-order valence-electron chi connectivity index (χ3n) is 7.06. The van der Waals surface area contributed by atoms with Gasteiger partial charge in [-0.25, -0.2) is 9.59 Å². The number of rotatable bonds is 12. The van der Waals surface area contributed by atoms with Crippen LogP contribution in [0.2, 0.25) is 0 Å². The number of hydrogen-bond acceptors (Lipinski definition) is 5. The minimum atomic E-state index is -1.23. The van der Waals surface area contributed by atoms with Crippen LogP contribution in [0.25, 0.3) is 0 Å². The smallest absolute Gasteiger partial charge is 0.338 e. The van der Waals surface area contributed by atoms with Gasteiger partial charge in [-0.1, -0.05) is 86.4 Å². The van der Waals surface area contributed by atoms with Gasteiger partial charge in [-0.3, -0.25) is 0 Å². The molecule has 1 heterocycles. The maximum absolute atomic E-state index is 13.4. The number of carbonyl (C=O) groups is 2. The van der Waals surface area contributed by atoms with E-state index in [4.69, 9.17) is 9.47 Å². The third kappa shape index (κ3) is 7.19. The Morgan fingerprint density at radius 2 is 1.69 bits per heavy atom. The Bertz CT molecular complexity index is 882. The third-order valence-corrected chi connectivity index (χ3v) is 7.06. The highest BCUT2D eigenvalue weighted by Gasteiger charge is 2.45. The zero-order valence-corrected chi connectivity index (χ0v) is 23.1. The Hall–Kier alpha value is -2.14. The highest BCUT2D eigenvalue weighted by molar-refractivity contribution is 5.94. The van der Waals surface area contributed by atoms with Crippen molar-refractivity contribution in [3.05, 3.63) is 46.0 Å². The van der Waals surface area contributed by atoms with E-state index in [1.807, 2.05) is 6.08 Å². The lowest BCUT2D eigenvalue weighted by molar-refractivity contribution is -0.154. The molecule has 0 radical (unpaired) electrons. The normalized spacial score (nSPS) is 20.2. The molecule has 1 aliphatic rings. The number of carbonyl (C=O) groups excluding carboxylic acids is 2. The van der Waals surface area contributed by atoms with Gasteiger partial charge in [0.1, 0.15) is 6.61 Å². The second-order valence-corrected chi connectivity index (χ2v) is 11.0. The molecule has 1 aromatic carbocycles. The average Bonchev–Trinajstić information content (AvgIpc) is 3.14. The first-order valence-electron chi connectivity index (χ1n) is 13.4. The summed E-state index contributed by atoms with van der Waals surface area (Å²) in [4.78, 5) is 26.1. The molecule has 5 nitrogen and oxygen atoms in total. The first-order valence-corrected chi connectivity index (χ1v) is 13.4. The van der Waals surface area contributed by atoms with E-state index in [0.29, 0.717) is 23.0 Å². The van der Waals surface area contributed by atoms with E-state index < -0.39 is 24.1 Å². The molecule has 2 atom stereocenters. The summed E-state index contributed by atoms with van der Waals surface area (Å²) in [6.45, 7) is 16.3. The van der Waals surface area contributed by atoms with Gasteiger partial charge in [0.2, 0.25) is 0 Å². The van der Waals surface area contributed by atoms with Crippen molar-refractivity contribution in [1.29, 1.82) is 0 Å². The molecule has 1 aliphatic heterocycles. The van der Waals surface area contributed by atoms with Crippen molar-refractivity contribution in [2.24, 2.45) is 5.92 Å². The van der Waals surface area contributed by atoms with Gasteiger partial charge in [0.25, 0.3) is 0 Å². The zero-order chi connectivity index (χ0) is 26.3. The fourth-order valence-corrected chi connectivity index (χ4v) is 4.68. The van der Waals surface area contributed by atoms with Crippen molar-refractivity contribution >= 4 is 11.9 Å². The van der Waals surface area contributed by atoms with Gasteiger partial charge in [0.15, 0.2) is 5.60 Å². The van der Waals surface area contributed by atoms with Gasteiger partial charge in [0.05, 0.1) is 12.2 Å². The monoisotopic (exact) mass is 486 g/mol. The summed E-state index contributed by atoms with van der Waals surface area (Å²) in [5.41, 5.74) is 3.08. The average molecular weight is 487 g/mol. The number of ether oxygens (including phenoxy) is 2. The highest BCUT2D eigenvalue weighted by Crippen LogP contribution is 2.35. The summed E-state index contributed by atoms with van der Waals surface area (Å²) in [6, 6.07) is 4.22. The second-order valence-electron chi connectivity index (χ2n) is 11.0. The number of allylic oxidation sites excluding steroid dienone is 1. The molecule has 35 heavy (non-hydrogen) atoms. The van der Waals surface area contributed by atoms with E-state index >= 15 is 0 Å². The van der Waals surface area contributed by atoms with Crippen molar-refractivity contribution < 1.29 is 24.2 Å². The molecular formula is C30H46O5. The maximum Gasteiger partial charge on any atom is 0.338 e. The van der Waals surface area contributed by atoms with Crippen LogP contribution < -0.4 is 0 Å². The predicted octanol–water partition coefficient (Wildman–Crippen LogP) is 7.03. The summed E-state index contributed by atoms with van der Waals surface area (Å²) in [6.07, 6.45) is 6.42. The van der Waals surface area contributed by atoms with Gasteiger partial charge < -0.3 is 14.6 Å². The van der Waals surface area contributed by atoms with E-state index in [-0.39, 0.29) is 24.9 Å². The Morgan fingerprint density at radius 3 is 2.14 bits per heavy atom. The maximum atomic E-state index is 13.4. The molecule has 0 saturated carbocycles. The molecule has 0 amide bonds. The Morgan fingerprint density at radius 1 is 1.09 bits per heavy atom. The van der Waals surface area contributed by atoms with Gasteiger partial charge in [-0.05, 0) is 53.2 Å². The number of cyclic esters (lactones) is 1. The molecule has 1 aromatic rings. The molecule has 1 saturated heterocycles. The number of esters is 2. The van der Waals surface area contributed by atoms with Gasteiger partial charge in [-0.2, -0.15) is 0 Å². The van der Waals surface area contributed by atoms with Crippen molar-refractivity contribution in [1.82, 2.24) is 0 Å². The van der Waals surface area contributed by atoms with Crippen LogP contribution in [0.1, 0.15) is 132 Å². The number of unbranched alkanes of at least 4 members (excludes halogenated alkanes) is 1. The first kappa shape index (κ1) is 29.1. The molecule has 5 heteroatoms. The molecule has 2 unspecified atom stereocenters.